The van der Waals surface area contributed by atoms with E-state index in [2.05, 4.69) is 10.6 Å². The van der Waals surface area contributed by atoms with Gasteiger partial charge in [0.05, 0.1) is 6.54 Å². The van der Waals surface area contributed by atoms with E-state index in [4.69, 9.17) is 0 Å². The van der Waals surface area contributed by atoms with Crippen LogP contribution in [-0.4, -0.2) is 76.3 Å². The van der Waals surface area contributed by atoms with E-state index in [0.29, 0.717) is 18.7 Å². The Kier molecular flexibility index (Phi) is 6.43. The van der Waals surface area contributed by atoms with Crippen LogP contribution in [0.4, 0.5) is 4.39 Å². The van der Waals surface area contributed by atoms with Crippen LogP contribution in [-0.2, 0) is 16.6 Å². The average molecular weight is 455 g/mol. The smallest absolute Gasteiger partial charge is 0.270 e. The molecule has 1 aromatic heterocycles. The third kappa shape index (κ3) is 4.74. The number of carbonyl (C=O) groups excluding carboxylic acids is 4. The summed E-state index contributed by atoms with van der Waals surface area (Å²) in [5.74, 6) is -2.11. The van der Waals surface area contributed by atoms with Crippen molar-refractivity contribution in [1.29, 1.82) is 0 Å². The zero-order chi connectivity index (χ0) is 23.5. The number of halogens is 1. The number of piperazine rings is 1. The molecule has 2 fully saturated rings. The lowest BCUT2D eigenvalue weighted by Gasteiger charge is -2.41. The molecule has 2 N–H and O–H groups in total. The summed E-state index contributed by atoms with van der Waals surface area (Å²) >= 11 is 0. The van der Waals surface area contributed by atoms with Gasteiger partial charge in [0.25, 0.3) is 11.8 Å². The highest BCUT2D eigenvalue weighted by Gasteiger charge is 2.39. The molecule has 2 aliphatic rings. The molecular weight excluding hydrogens is 429 g/mol. The molecule has 3 heterocycles. The summed E-state index contributed by atoms with van der Waals surface area (Å²) in [6.45, 7) is 0.836. The van der Waals surface area contributed by atoms with Crippen LogP contribution in [0.25, 0.3) is 0 Å². The lowest BCUT2D eigenvalue weighted by Crippen LogP contribution is -2.63. The van der Waals surface area contributed by atoms with Gasteiger partial charge in [-0.1, -0.05) is 6.07 Å². The molecule has 4 amide bonds. The summed E-state index contributed by atoms with van der Waals surface area (Å²) in [5.41, 5.74) is 0.580. The molecule has 0 unspecified atom stereocenters. The van der Waals surface area contributed by atoms with Gasteiger partial charge < -0.3 is 25.0 Å². The summed E-state index contributed by atoms with van der Waals surface area (Å²) in [6.07, 6.45) is 2.97. The molecule has 0 saturated carbocycles. The van der Waals surface area contributed by atoms with E-state index in [1.54, 1.807) is 29.9 Å². The largest absolute Gasteiger partial charge is 0.354 e. The molecular formula is C23H26FN5O4. The van der Waals surface area contributed by atoms with Crippen molar-refractivity contribution in [2.75, 3.05) is 26.2 Å². The van der Waals surface area contributed by atoms with E-state index < -0.39 is 29.7 Å². The third-order valence-corrected chi connectivity index (χ3v) is 6.07. The Bertz CT molecular complexity index is 1080. The van der Waals surface area contributed by atoms with Crippen LogP contribution >= 0.6 is 0 Å². The topological polar surface area (TPSA) is 104 Å². The number of hydrogen-bond acceptors (Lipinski definition) is 4. The van der Waals surface area contributed by atoms with Gasteiger partial charge in [-0.15, -0.1) is 0 Å². The number of piperidine rings is 1. The first-order valence-corrected chi connectivity index (χ1v) is 10.9. The lowest BCUT2D eigenvalue weighted by molar-refractivity contribution is -0.133. The molecule has 4 rings (SSSR count). The zero-order valence-corrected chi connectivity index (χ0v) is 18.3. The van der Waals surface area contributed by atoms with Gasteiger partial charge in [-0.05, 0) is 43.2 Å². The SMILES string of the molecule is Cn1cccc1C(=O)N1CCN(C(=O)c2cccc(F)c2)[C@H](C(=O)N[C@H]2CCCNC2=O)C1. The van der Waals surface area contributed by atoms with Crippen LogP contribution in [0.2, 0.25) is 0 Å². The molecule has 9 nitrogen and oxygen atoms in total. The predicted molar refractivity (Wildman–Crippen MR) is 117 cm³/mol. The Labute approximate surface area is 190 Å². The monoisotopic (exact) mass is 455 g/mol. The maximum atomic E-state index is 13.7. The highest BCUT2D eigenvalue weighted by Crippen LogP contribution is 2.18. The van der Waals surface area contributed by atoms with Crippen LogP contribution < -0.4 is 10.6 Å². The van der Waals surface area contributed by atoms with Crippen molar-refractivity contribution in [3.05, 3.63) is 59.7 Å². The highest BCUT2D eigenvalue weighted by molar-refractivity contribution is 6.00. The molecule has 0 spiro atoms. The van der Waals surface area contributed by atoms with Crippen molar-refractivity contribution >= 4 is 23.6 Å². The number of nitrogens with zero attached hydrogens (tertiary/aromatic N) is 3. The summed E-state index contributed by atoms with van der Waals surface area (Å²) in [6, 6.07) is 6.99. The molecule has 0 bridgehead atoms. The molecule has 2 saturated heterocycles. The summed E-state index contributed by atoms with van der Waals surface area (Å²) in [7, 11) is 1.75. The second-order valence-electron chi connectivity index (χ2n) is 8.27. The quantitative estimate of drug-likeness (QED) is 0.702. The second-order valence-corrected chi connectivity index (χ2v) is 8.27. The molecule has 0 aliphatic carbocycles. The van der Waals surface area contributed by atoms with Crippen molar-refractivity contribution in [1.82, 2.24) is 25.0 Å². The Balaban J connectivity index is 1.58. The molecule has 174 valence electrons. The summed E-state index contributed by atoms with van der Waals surface area (Å²) in [5, 5.41) is 5.44. The molecule has 0 radical (unpaired) electrons. The fraction of sp³-hybridized carbons (Fsp3) is 0.391. The maximum absolute atomic E-state index is 13.7. The fourth-order valence-corrected chi connectivity index (χ4v) is 4.25. The van der Waals surface area contributed by atoms with Crippen LogP contribution in [0.5, 0.6) is 0 Å². The number of rotatable bonds is 4. The van der Waals surface area contributed by atoms with Crippen molar-refractivity contribution in [2.24, 2.45) is 7.05 Å². The van der Waals surface area contributed by atoms with Gasteiger partial charge in [-0.3, -0.25) is 19.2 Å². The zero-order valence-electron chi connectivity index (χ0n) is 18.3. The Morgan fingerprint density at radius 2 is 1.94 bits per heavy atom. The van der Waals surface area contributed by atoms with Gasteiger partial charge in [0, 0.05) is 38.4 Å². The number of hydrogen-bond donors (Lipinski definition) is 2. The summed E-state index contributed by atoms with van der Waals surface area (Å²) < 4.78 is 15.4. The van der Waals surface area contributed by atoms with Gasteiger partial charge in [0.1, 0.15) is 23.6 Å². The van der Waals surface area contributed by atoms with Crippen molar-refractivity contribution in [3.63, 3.8) is 0 Å². The van der Waals surface area contributed by atoms with Crippen LogP contribution in [0.1, 0.15) is 33.7 Å². The fourth-order valence-electron chi connectivity index (χ4n) is 4.25. The van der Waals surface area contributed by atoms with Gasteiger partial charge in [0.15, 0.2) is 0 Å². The molecule has 2 atom stereocenters. The molecule has 2 aromatic rings. The van der Waals surface area contributed by atoms with Crippen molar-refractivity contribution < 1.29 is 23.6 Å². The Morgan fingerprint density at radius 1 is 1.12 bits per heavy atom. The first kappa shape index (κ1) is 22.5. The van der Waals surface area contributed by atoms with Gasteiger partial charge in [-0.2, -0.15) is 0 Å². The first-order valence-electron chi connectivity index (χ1n) is 10.9. The van der Waals surface area contributed by atoms with Gasteiger partial charge >= 0.3 is 0 Å². The molecule has 33 heavy (non-hydrogen) atoms. The molecule has 2 aliphatic heterocycles. The van der Waals surface area contributed by atoms with Crippen LogP contribution in [0.15, 0.2) is 42.6 Å². The third-order valence-electron chi connectivity index (χ3n) is 6.07. The van der Waals surface area contributed by atoms with E-state index in [9.17, 15) is 23.6 Å². The normalized spacial score (nSPS) is 20.8. The number of benzene rings is 1. The highest BCUT2D eigenvalue weighted by atomic mass is 19.1. The average Bonchev–Trinajstić information content (AvgIpc) is 3.25. The second kappa shape index (κ2) is 9.43. The van der Waals surface area contributed by atoms with E-state index in [0.717, 1.165) is 12.5 Å². The summed E-state index contributed by atoms with van der Waals surface area (Å²) in [4.78, 5) is 54.5. The van der Waals surface area contributed by atoms with Crippen LogP contribution in [0, 0.1) is 5.82 Å². The molecule has 10 heteroatoms. The minimum Gasteiger partial charge on any atom is -0.354 e. The number of amides is 4. The van der Waals surface area contributed by atoms with Crippen molar-refractivity contribution in [3.8, 4) is 0 Å². The number of carbonyl (C=O) groups is 4. The lowest BCUT2D eigenvalue weighted by atomic mass is 10.0. The van der Waals surface area contributed by atoms with E-state index in [-0.39, 0.29) is 37.0 Å². The van der Waals surface area contributed by atoms with Crippen molar-refractivity contribution in [2.45, 2.75) is 24.9 Å². The standard InChI is InChI=1S/C23H26FN5O4/c1-27-10-4-8-18(27)23(33)28-11-12-29(22(32)15-5-2-6-16(24)13-15)19(14-28)21(31)26-17-7-3-9-25-20(17)30/h2,4-6,8,10,13,17,19H,3,7,9,11-12,14H2,1H3,(H,25,30)(H,26,31)/t17-,19-/m0/s1. The Morgan fingerprint density at radius 3 is 2.64 bits per heavy atom. The minimum atomic E-state index is -1.02. The minimum absolute atomic E-state index is 0.0365. The number of nitrogens with one attached hydrogen (secondary N) is 2. The van der Waals surface area contributed by atoms with Gasteiger partial charge in [-0.25, -0.2) is 4.39 Å². The van der Waals surface area contributed by atoms with E-state index >= 15 is 0 Å². The molecule has 1 aromatic carbocycles. The van der Waals surface area contributed by atoms with E-state index in [1.165, 1.54) is 28.0 Å². The number of aromatic nitrogens is 1. The first-order chi connectivity index (χ1) is 15.8. The number of aryl methyl sites for hydroxylation is 1. The maximum Gasteiger partial charge on any atom is 0.270 e. The predicted octanol–water partition coefficient (Wildman–Crippen LogP) is 0.526. The van der Waals surface area contributed by atoms with E-state index in [1.807, 2.05) is 0 Å². The van der Waals surface area contributed by atoms with Crippen LogP contribution in [0.3, 0.4) is 0 Å². The van der Waals surface area contributed by atoms with Gasteiger partial charge in [0.2, 0.25) is 11.8 Å². The Hall–Kier alpha value is -3.69.